The quantitative estimate of drug-likeness (QED) is 0.362. The van der Waals surface area contributed by atoms with Crippen LogP contribution in [0.15, 0.2) is 83.9 Å². The molecule has 1 aliphatic rings. The van der Waals surface area contributed by atoms with Crippen molar-refractivity contribution in [2.24, 2.45) is 4.99 Å². The summed E-state index contributed by atoms with van der Waals surface area (Å²) in [5.41, 5.74) is 2.54. The van der Waals surface area contributed by atoms with Crippen molar-refractivity contribution in [1.29, 1.82) is 0 Å². The lowest BCUT2D eigenvalue weighted by Crippen LogP contribution is -2.45. The van der Waals surface area contributed by atoms with Gasteiger partial charge in [-0.2, -0.15) is 0 Å². The Balaban J connectivity index is 1.47. The molecule has 0 aliphatic carbocycles. The van der Waals surface area contributed by atoms with E-state index in [1.54, 1.807) is 36.1 Å². The second-order valence-corrected chi connectivity index (χ2v) is 9.77. The first-order valence-electron chi connectivity index (χ1n) is 12.4. The van der Waals surface area contributed by atoms with Crippen LogP contribution in [-0.2, 0) is 20.7 Å². The van der Waals surface area contributed by atoms with E-state index >= 15 is 0 Å². The second kappa shape index (κ2) is 13.0. The summed E-state index contributed by atoms with van der Waals surface area (Å²) in [7, 11) is 0. The Morgan fingerprint density at radius 2 is 1.76 bits per heavy atom. The number of ether oxygens (including phenoxy) is 1. The zero-order chi connectivity index (χ0) is 26.9. The maximum Gasteiger partial charge on any atom is 0.338 e. The molecule has 3 aromatic carbocycles. The van der Waals surface area contributed by atoms with Crippen molar-refractivity contribution in [3.63, 3.8) is 0 Å². The molecule has 3 aromatic rings. The molecule has 1 fully saturated rings. The van der Waals surface area contributed by atoms with Gasteiger partial charge in [0.25, 0.3) is 0 Å². The van der Waals surface area contributed by atoms with Crippen LogP contribution < -0.4 is 5.32 Å². The molecule has 0 aromatic heterocycles. The highest BCUT2D eigenvalue weighted by Crippen LogP contribution is 2.30. The van der Waals surface area contributed by atoms with Crippen molar-refractivity contribution in [1.82, 2.24) is 4.90 Å². The predicted molar refractivity (Wildman–Crippen MR) is 147 cm³/mol. The fraction of sp³-hybridized carbons (Fsp3) is 0.241. The lowest BCUT2D eigenvalue weighted by Gasteiger charge is -2.32. The van der Waals surface area contributed by atoms with Gasteiger partial charge in [0, 0.05) is 18.7 Å². The molecule has 7 nitrogen and oxygen atoms in total. The first kappa shape index (κ1) is 27.1. The number of amides is 2. The zero-order valence-electron chi connectivity index (χ0n) is 20.9. The van der Waals surface area contributed by atoms with Crippen LogP contribution in [0, 0.1) is 5.82 Å². The Morgan fingerprint density at radius 3 is 2.45 bits per heavy atom. The van der Waals surface area contributed by atoms with Gasteiger partial charge in [0.05, 0.1) is 17.9 Å². The van der Waals surface area contributed by atoms with Gasteiger partial charge in [-0.3, -0.25) is 14.5 Å². The third kappa shape index (κ3) is 7.29. The summed E-state index contributed by atoms with van der Waals surface area (Å²) < 4.78 is 18.4. The minimum atomic E-state index is -0.697. The lowest BCUT2D eigenvalue weighted by molar-refractivity contribution is -0.129. The number of anilines is 1. The van der Waals surface area contributed by atoms with E-state index in [4.69, 9.17) is 4.74 Å². The molecule has 38 heavy (non-hydrogen) atoms. The number of aryl methyl sites for hydroxylation is 1. The Morgan fingerprint density at radius 1 is 1.05 bits per heavy atom. The van der Waals surface area contributed by atoms with Gasteiger partial charge in [-0.25, -0.2) is 14.2 Å². The van der Waals surface area contributed by atoms with Gasteiger partial charge in [-0.05, 0) is 73.9 Å². The molecular weight excluding hydrogens is 505 g/mol. The predicted octanol–water partition coefficient (Wildman–Crippen LogP) is 5.60. The van der Waals surface area contributed by atoms with Crippen molar-refractivity contribution in [3.05, 3.63) is 95.8 Å². The number of nitrogens with one attached hydrogen (secondary N) is 1. The normalized spacial score (nSPS) is 16.4. The largest absolute Gasteiger partial charge is 0.462 e. The maximum absolute atomic E-state index is 13.4. The SMILES string of the molecule is CCOC(=O)c1ccc(NC(=O)C2CC(=O)N(CCCc3ccccc3)C(=Nc3ccc(F)cc3)S2)cc1. The zero-order valence-corrected chi connectivity index (χ0v) is 21.7. The standard InChI is InChI=1S/C29H28FN3O4S/c1-2-37-28(36)21-10-14-23(15-11-21)31-27(35)25-19-26(34)33(18-6-9-20-7-4-3-5-8-20)29(38-25)32-24-16-12-22(30)13-17-24/h3-5,7-8,10-17,25H,2,6,9,18-19H2,1H3,(H,31,35). The highest BCUT2D eigenvalue weighted by molar-refractivity contribution is 8.15. The van der Waals surface area contributed by atoms with Crippen molar-refractivity contribution in [3.8, 4) is 0 Å². The lowest BCUT2D eigenvalue weighted by atomic mass is 10.1. The Kier molecular flexibility index (Phi) is 9.26. The van der Waals surface area contributed by atoms with Gasteiger partial charge in [0.2, 0.25) is 11.8 Å². The number of carbonyl (C=O) groups excluding carboxylic acids is 3. The van der Waals surface area contributed by atoms with Gasteiger partial charge >= 0.3 is 5.97 Å². The average Bonchev–Trinajstić information content (AvgIpc) is 2.92. The van der Waals surface area contributed by atoms with Crippen LogP contribution in [0.2, 0.25) is 0 Å². The Bertz CT molecular complexity index is 1300. The van der Waals surface area contributed by atoms with E-state index in [-0.39, 0.29) is 30.7 Å². The molecule has 1 aliphatic heterocycles. The van der Waals surface area contributed by atoms with E-state index in [1.165, 1.54) is 41.6 Å². The van der Waals surface area contributed by atoms with E-state index < -0.39 is 11.2 Å². The molecule has 0 radical (unpaired) electrons. The number of rotatable bonds is 9. The first-order valence-corrected chi connectivity index (χ1v) is 13.2. The molecular formula is C29H28FN3O4S. The molecule has 1 unspecified atom stereocenters. The molecule has 1 heterocycles. The summed E-state index contributed by atoms with van der Waals surface area (Å²) in [4.78, 5) is 44.3. The maximum atomic E-state index is 13.4. The van der Waals surface area contributed by atoms with Crippen LogP contribution in [0.1, 0.15) is 35.7 Å². The van der Waals surface area contributed by atoms with Crippen LogP contribution in [0.3, 0.4) is 0 Å². The molecule has 2 amide bonds. The fourth-order valence-corrected chi connectivity index (χ4v) is 5.02. The van der Waals surface area contributed by atoms with E-state index in [0.717, 1.165) is 12.8 Å². The third-order valence-corrected chi connectivity index (χ3v) is 7.02. The smallest absolute Gasteiger partial charge is 0.338 e. The molecule has 0 bridgehead atoms. The van der Waals surface area contributed by atoms with Crippen LogP contribution in [0.5, 0.6) is 0 Å². The van der Waals surface area contributed by atoms with Gasteiger partial charge in [0.15, 0.2) is 5.17 Å². The molecule has 1 N–H and O–H groups in total. The molecule has 1 saturated heterocycles. The van der Waals surface area contributed by atoms with Crippen molar-refractivity contribution in [2.45, 2.75) is 31.4 Å². The van der Waals surface area contributed by atoms with Gasteiger partial charge in [0.1, 0.15) is 11.1 Å². The minimum Gasteiger partial charge on any atom is -0.462 e. The van der Waals surface area contributed by atoms with E-state index in [2.05, 4.69) is 10.3 Å². The summed E-state index contributed by atoms with van der Waals surface area (Å²) in [5, 5.41) is 2.52. The highest BCUT2D eigenvalue weighted by Gasteiger charge is 2.35. The number of esters is 1. The minimum absolute atomic E-state index is 0.0190. The summed E-state index contributed by atoms with van der Waals surface area (Å²) in [5.74, 6) is -1.36. The third-order valence-electron chi connectivity index (χ3n) is 5.84. The molecule has 1 atom stereocenters. The summed E-state index contributed by atoms with van der Waals surface area (Å²) in [6.07, 6.45) is 1.54. The van der Waals surface area contributed by atoms with Crippen molar-refractivity contribution in [2.75, 3.05) is 18.5 Å². The molecule has 196 valence electrons. The highest BCUT2D eigenvalue weighted by atomic mass is 32.2. The van der Waals surface area contributed by atoms with Gasteiger partial charge in [-0.15, -0.1) is 0 Å². The monoisotopic (exact) mass is 533 g/mol. The number of nitrogens with zero attached hydrogens (tertiary/aromatic N) is 2. The number of benzene rings is 3. The number of hydrogen-bond donors (Lipinski definition) is 1. The molecule has 4 rings (SSSR count). The van der Waals surface area contributed by atoms with E-state index in [0.29, 0.717) is 28.7 Å². The Hall–Kier alpha value is -3.98. The number of hydrogen-bond acceptors (Lipinski definition) is 6. The molecule has 0 saturated carbocycles. The van der Waals surface area contributed by atoms with Crippen LogP contribution >= 0.6 is 11.8 Å². The van der Waals surface area contributed by atoms with Gasteiger partial charge in [-0.1, -0.05) is 42.1 Å². The van der Waals surface area contributed by atoms with Crippen molar-refractivity contribution < 1.29 is 23.5 Å². The average molecular weight is 534 g/mol. The summed E-state index contributed by atoms with van der Waals surface area (Å²) in [6, 6.07) is 22.0. The van der Waals surface area contributed by atoms with E-state index in [9.17, 15) is 18.8 Å². The van der Waals surface area contributed by atoms with Crippen molar-refractivity contribution >= 4 is 46.1 Å². The summed E-state index contributed by atoms with van der Waals surface area (Å²) in [6.45, 7) is 2.45. The first-order chi connectivity index (χ1) is 18.4. The van der Waals surface area contributed by atoms with E-state index in [1.807, 2.05) is 30.3 Å². The topological polar surface area (TPSA) is 88.1 Å². The number of carbonyl (C=O) groups is 3. The Labute approximate surface area is 225 Å². The fourth-order valence-electron chi connectivity index (χ4n) is 3.90. The van der Waals surface area contributed by atoms with Crippen LogP contribution in [0.25, 0.3) is 0 Å². The summed E-state index contributed by atoms with van der Waals surface area (Å²) >= 11 is 1.21. The number of thioether (sulfide) groups is 1. The number of amidine groups is 1. The number of aliphatic imine (C=N–C) groups is 1. The van der Waals surface area contributed by atoms with Crippen LogP contribution in [-0.4, -0.2) is 46.3 Å². The van der Waals surface area contributed by atoms with Gasteiger partial charge < -0.3 is 10.1 Å². The number of halogens is 1. The van der Waals surface area contributed by atoms with Crippen LogP contribution in [0.4, 0.5) is 15.8 Å². The molecule has 0 spiro atoms. The molecule has 9 heteroatoms. The second-order valence-electron chi connectivity index (χ2n) is 8.60.